The van der Waals surface area contributed by atoms with E-state index in [4.69, 9.17) is 10.2 Å². The second-order valence-electron chi connectivity index (χ2n) is 2.31. The smallest absolute Gasteiger partial charge is 0.118 e. The average molecular weight is 217 g/mol. The van der Waals surface area contributed by atoms with Crippen molar-refractivity contribution in [2.75, 3.05) is 7.05 Å². The van der Waals surface area contributed by atoms with Gasteiger partial charge in [-0.3, -0.25) is 0 Å². The fourth-order valence-corrected chi connectivity index (χ4v) is 0.793. The van der Waals surface area contributed by atoms with Crippen LogP contribution in [0, 0.1) is 0 Å². The number of phenolic OH excluding ortho intramolecular Hbond substituents is 1. The molecule has 6 heteroatoms. The van der Waals surface area contributed by atoms with E-state index in [0.717, 1.165) is 0 Å². The zero-order chi connectivity index (χ0) is 11.1. The van der Waals surface area contributed by atoms with Gasteiger partial charge in [-0.1, -0.05) is 12.1 Å². The van der Waals surface area contributed by atoms with Gasteiger partial charge in [-0.2, -0.15) is 0 Å². The first kappa shape index (κ1) is 15.8. The van der Waals surface area contributed by atoms with Crippen LogP contribution in [0.2, 0.25) is 0 Å². The Morgan fingerprint density at radius 1 is 1.33 bits per heavy atom. The van der Waals surface area contributed by atoms with Gasteiger partial charge < -0.3 is 31.3 Å². The normalized spacial score (nSPS) is 10.3. The van der Waals surface area contributed by atoms with Gasteiger partial charge in [0.05, 0.1) is 13.0 Å². The predicted octanol–water partition coefficient (Wildman–Crippen LogP) is -2.79. The lowest BCUT2D eigenvalue weighted by atomic mass is 10.1. The maximum atomic E-state index is 10.2. The molecule has 6 nitrogen and oxygen atoms in total. The first-order chi connectivity index (χ1) is 6.61. The van der Waals surface area contributed by atoms with Gasteiger partial charge in [-0.05, 0) is 17.7 Å². The molecule has 0 aliphatic rings. The van der Waals surface area contributed by atoms with Gasteiger partial charge in [0, 0.05) is 0 Å². The molecule has 0 aliphatic heterocycles. The van der Waals surface area contributed by atoms with Gasteiger partial charge in [0.15, 0.2) is 0 Å². The van der Waals surface area contributed by atoms with E-state index in [2.05, 4.69) is 5.73 Å². The number of quaternary nitrogens is 1. The molecule has 0 heterocycles. The summed E-state index contributed by atoms with van der Waals surface area (Å²) in [7, 11) is 1.75. The van der Waals surface area contributed by atoms with Crippen LogP contribution in [0.5, 0.6) is 5.75 Å². The molecule has 0 radical (unpaired) electrons. The summed E-state index contributed by atoms with van der Waals surface area (Å²) in [5.41, 5.74) is 3.44. The number of carbonyl (C=O) groups is 1. The molecule has 1 aromatic carbocycles. The summed E-state index contributed by atoms with van der Waals surface area (Å²) in [4.78, 5) is 10.2. The Hall–Kier alpha value is -1.63. The van der Waals surface area contributed by atoms with Crippen LogP contribution in [0.1, 0.15) is 11.7 Å². The van der Waals surface area contributed by atoms with Crippen molar-refractivity contribution in [2.45, 2.75) is 6.10 Å². The van der Waals surface area contributed by atoms with Gasteiger partial charge in [0.25, 0.3) is 0 Å². The maximum Gasteiger partial charge on any atom is 0.118 e. The van der Waals surface area contributed by atoms with E-state index in [1.54, 1.807) is 7.05 Å². The first-order valence-corrected chi connectivity index (χ1v) is 4.00. The summed E-state index contributed by atoms with van der Waals surface area (Å²) in [6.07, 6.45) is -1.63. The van der Waals surface area contributed by atoms with E-state index >= 15 is 0 Å². The number of carbonyl (C=O) groups excluding carboxylic acids is 1. The van der Waals surface area contributed by atoms with E-state index in [-0.39, 0.29) is 16.8 Å². The van der Waals surface area contributed by atoms with E-state index in [1.165, 1.54) is 24.3 Å². The topological polar surface area (TPSA) is 140 Å². The Labute approximate surface area is 86.9 Å². The summed E-state index contributed by atoms with van der Waals surface area (Å²) in [5, 5.41) is 27.9. The number of aliphatic carboxylic acids is 1. The molecule has 0 aromatic heterocycles. The van der Waals surface area contributed by atoms with Crippen molar-refractivity contribution < 1.29 is 31.3 Å². The Balaban J connectivity index is 0. The number of phenols is 1. The number of benzene rings is 1. The Morgan fingerprint density at radius 2 is 1.73 bits per heavy atom. The van der Waals surface area contributed by atoms with Gasteiger partial charge in [0.2, 0.25) is 0 Å². The number of hydrogen-bond donors (Lipinski definition) is 3. The maximum absolute atomic E-state index is 10.2. The Morgan fingerprint density at radius 3 is 2.07 bits per heavy atom. The summed E-state index contributed by atoms with van der Waals surface area (Å²) in [6, 6.07) is 5.22. The second-order valence-corrected chi connectivity index (χ2v) is 2.31. The molecule has 0 amide bonds. The molecular weight excluding hydrogens is 202 g/mol. The number of carboxylic acids is 1. The standard InChI is InChI=1S/C8H8O4.CH5N.H2O/c9-6-3-1-5(2-4-6)7(10)8(11)12;1-2;/h1-4,7,9-10H,(H,11,12);2H2,1H3;1H2. The summed E-state index contributed by atoms with van der Waals surface area (Å²) in [5.74, 6) is -1.54. The van der Waals surface area contributed by atoms with Crippen LogP contribution < -0.4 is 10.8 Å². The molecule has 1 rings (SSSR count). The quantitative estimate of drug-likeness (QED) is 0.492. The Kier molecular flexibility index (Phi) is 8.17. The van der Waals surface area contributed by atoms with Crippen LogP contribution in [0.15, 0.2) is 24.3 Å². The van der Waals surface area contributed by atoms with Crippen LogP contribution in [0.4, 0.5) is 0 Å². The molecule has 0 aliphatic carbocycles. The lowest BCUT2D eigenvalue weighted by molar-refractivity contribution is -0.325. The van der Waals surface area contributed by atoms with Crippen molar-refractivity contribution in [3.8, 4) is 5.75 Å². The van der Waals surface area contributed by atoms with Crippen molar-refractivity contribution in [1.29, 1.82) is 0 Å². The third kappa shape index (κ3) is 4.96. The number of carboxylic acid groups (broad SMARTS) is 1. The number of rotatable bonds is 2. The zero-order valence-electron chi connectivity index (χ0n) is 8.30. The highest BCUT2D eigenvalue weighted by molar-refractivity contribution is 5.71. The van der Waals surface area contributed by atoms with Gasteiger partial charge >= 0.3 is 0 Å². The van der Waals surface area contributed by atoms with Crippen molar-refractivity contribution in [1.82, 2.24) is 0 Å². The van der Waals surface area contributed by atoms with Gasteiger partial charge in [-0.15, -0.1) is 0 Å². The molecule has 15 heavy (non-hydrogen) atoms. The molecule has 86 valence electrons. The highest BCUT2D eigenvalue weighted by atomic mass is 16.4. The molecule has 1 unspecified atom stereocenters. The summed E-state index contributed by atoms with van der Waals surface area (Å²) < 4.78 is 0. The van der Waals surface area contributed by atoms with Crippen LogP contribution in [0.25, 0.3) is 0 Å². The molecule has 7 N–H and O–H groups in total. The first-order valence-electron chi connectivity index (χ1n) is 4.00. The molecule has 0 spiro atoms. The van der Waals surface area contributed by atoms with Crippen molar-refractivity contribution >= 4 is 5.97 Å². The van der Waals surface area contributed by atoms with Crippen molar-refractivity contribution in [2.24, 2.45) is 0 Å². The minimum Gasteiger partial charge on any atom is -0.547 e. The largest absolute Gasteiger partial charge is 0.547 e. The second kappa shape index (κ2) is 7.74. The number of hydrogen-bond acceptors (Lipinski definition) is 4. The minimum atomic E-state index is -1.63. The van der Waals surface area contributed by atoms with Crippen LogP contribution in [0.3, 0.4) is 0 Å². The highest BCUT2D eigenvalue weighted by Gasteiger charge is 2.06. The third-order valence-corrected chi connectivity index (χ3v) is 1.43. The van der Waals surface area contributed by atoms with Gasteiger partial charge in [-0.25, -0.2) is 0 Å². The van der Waals surface area contributed by atoms with Crippen LogP contribution in [-0.2, 0) is 4.79 Å². The lowest BCUT2D eigenvalue weighted by Crippen LogP contribution is -2.40. The summed E-state index contributed by atoms with van der Waals surface area (Å²) in [6.45, 7) is 0. The molecule has 1 atom stereocenters. The molecule has 0 saturated carbocycles. The van der Waals surface area contributed by atoms with Gasteiger partial charge in [0.1, 0.15) is 11.9 Å². The van der Waals surface area contributed by atoms with E-state index in [1.807, 2.05) is 0 Å². The van der Waals surface area contributed by atoms with Crippen LogP contribution in [-0.4, -0.2) is 28.7 Å². The summed E-state index contributed by atoms with van der Waals surface area (Å²) >= 11 is 0. The fraction of sp³-hybridized carbons (Fsp3) is 0.222. The number of aliphatic hydroxyl groups is 1. The molecule has 1 aromatic rings. The minimum absolute atomic E-state index is 0. The van der Waals surface area contributed by atoms with Crippen LogP contribution >= 0.6 is 0 Å². The predicted molar refractivity (Wildman–Crippen MR) is 50.5 cm³/mol. The number of aliphatic hydroxyl groups excluding tert-OH is 1. The van der Waals surface area contributed by atoms with E-state index in [0.29, 0.717) is 0 Å². The molecule has 0 fully saturated rings. The number of aromatic hydroxyl groups is 1. The van der Waals surface area contributed by atoms with Crippen molar-refractivity contribution in [3.63, 3.8) is 0 Å². The molecular formula is C9H15NO5. The highest BCUT2D eigenvalue weighted by Crippen LogP contribution is 2.15. The molecule has 0 saturated heterocycles. The van der Waals surface area contributed by atoms with E-state index < -0.39 is 12.1 Å². The monoisotopic (exact) mass is 217 g/mol. The SMILES string of the molecule is C[NH3+].O.O=C([O-])C(O)c1ccc(O)cc1. The average Bonchev–Trinajstić information content (AvgIpc) is 2.21. The lowest BCUT2D eigenvalue weighted by Gasteiger charge is -2.10. The van der Waals surface area contributed by atoms with Crippen molar-refractivity contribution in [3.05, 3.63) is 29.8 Å². The Bertz CT molecular complexity index is 285. The molecule has 0 bridgehead atoms. The van der Waals surface area contributed by atoms with E-state index in [9.17, 15) is 9.90 Å². The third-order valence-electron chi connectivity index (χ3n) is 1.43. The fourth-order valence-electron chi connectivity index (χ4n) is 0.793. The zero-order valence-corrected chi connectivity index (χ0v) is 8.30.